The van der Waals surface area contributed by atoms with E-state index < -0.39 is 0 Å². The predicted molar refractivity (Wildman–Crippen MR) is 138 cm³/mol. The second kappa shape index (κ2) is 8.73. The molecule has 35 heavy (non-hydrogen) atoms. The number of nitrogen functional groups attached to an aromatic ring is 1. The topological polar surface area (TPSA) is 127 Å². The van der Waals surface area contributed by atoms with Crippen LogP contribution in [0, 0.1) is 6.92 Å². The molecule has 1 amide bonds. The third-order valence-electron chi connectivity index (χ3n) is 5.70. The highest BCUT2D eigenvalue weighted by Crippen LogP contribution is 2.32. The Hall–Kier alpha value is -4.44. The van der Waals surface area contributed by atoms with Crippen LogP contribution in [0.1, 0.15) is 32.0 Å². The average Bonchev–Trinajstić information content (AvgIpc) is 3.30. The first-order valence-electron chi connectivity index (χ1n) is 10.7. The van der Waals surface area contributed by atoms with Crippen molar-refractivity contribution >= 4 is 61.3 Å². The van der Waals surface area contributed by atoms with Crippen molar-refractivity contribution in [2.45, 2.75) is 6.92 Å². The largest absolute Gasteiger partial charge is 0.382 e. The second-order valence-corrected chi connectivity index (χ2v) is 9.06. The summed E-state index contributed by atoms with van der Waals surface area (Å²) in [6, 6.07) is 9.01. The van der Waals surface area contributed by atoms with Gasteiger partial charge in [0.15, 0.2) is 0 Å². The number of hydrogen-bond donors (Lipinski definition) is 2. The van der Waals surface area contributed by atoms with Crippen LogP contribution in [0.3, 0.4) is 0 Å². The van der Waals surface area contributed by atoms with E-state index >= 15 is 0 Å². The number of benzene rings is 1. The van der Waals surface area contributed by atoms with E-state index in [1.165, 1.54) is 17.7 Å². The van der Waals surface area contributed by atoms with Crippen LogP contribution in [0.2, 0.25) is 0 Å². The molecule has 5 aromatic rings. The molecule has 0 unspecified atom stereocenters. The summed E-state index contributed by atoms with van der Waals surface area (Å²) in [6.45, 7) is 1.90. The van der Waals surface area contributed by atoms with Gasteiger partial charge in [-0.2, -0.15) is 0 Å². The van der Waals surface area contributed by atoms with Crippen molar-refractivity contribution in [1.29, 1.82) is 0 Å². The highest BCUT2D eigenvalue weighted by Gasteiger charge is 2.20. The summed E-state index contributed by atoms with van der Waals surface area (Å²) in [5, 5.41) is 6.06. The van der Waals surface area contributed by atoms with Crippen LogP contribution < -0.4 is 16.0 Å². The van der Waals surface area contributed by atoms with Gasteiger partial charge in [-0.1, -0.05) is 12.1 Å². The maximum atomic E-state index is 13.3. The molecule has 0 aliphatic heterocycles. The van der Waals surface area contributed by atoms with Gasteiger partial charge >= 0.3 is 0 Å². The Bertz CT molecular complexity index is 1610. The molecule has 4 heterocycles. The van der Waals surface area contributed by atoms with Gasteiger partial charge in [-0.05, 0) is 30.7 Å². The Kier molecular flexibility index (Phi) is 5.58. The number of fused-ring (bicyclic) bond motifs is 2. The molecule has 0 aliphatic carbocycles. The molecular formula is C25H21N7O2S. The van der Waals surface area contributed by atoms with E-state index in [9.17, 15) is 9.59 Å². The number of ketones is 1. The van der Waals surface area contributed by atoms with Gasteiger partial charge in [0.05, 0.1) is 21.5 Å². The molecule has 9 nitrogen and oxygen atoms in total. The zero-order valence-corrected chi connectivity index (χ0v) is 20.1. The number of hydrogen-bond acceptors (Lipinski definition) is 9. The van der Waals surface area contributed by atoms with Crippen molar-refractivity contribution in [2.24, 2.45) is 0 Å². The Morgan fingerprint density at radius 1 is 1.00 bits per heavy atom. The van der Waals surface area contributed by atoms with Crippen molar-refractivity contribution in [1.82, 2.24) is 19.9 Å². The van der Waals surface area contributed by atoms with Crippen molar-refractivity contribution in [2.75, 3.05) is 30.0 Å². The number of aryl methyl sites for hydroxylation is 1. The molecule has 0 bridgehead atoms. The van der Waals surface area contributed by atoms with Crippen molar-refractivity contribution in [3.05, 3.63) is 76.8 Å². The van der Waals surface area contributed by atoms with Crippen LogP contribution in [-0.4, -0.2) is 45.7 Å². The number of pyridine rings is 2. The van der Waals surface area contributed by atoms with Crippen LogP contribution in [0.25, 0.3) is 21.0 Å². The number of carbonyl (C=O) groups is 2. The number of anilines is 3. The minimum absolute atomic E-state index is 0.245. The number of nitrogens with two attached hydrogens (primary N) is 1. The van der Waals surface area contributed by atoms with Gasteiger partial charge in [0.1, 0.15) is 23.7 Å². The van der Waals surface area contributed by atoms with E-state index in [1.54, 1.807) is 36.0 Å². The second-order valence-electron chi connectivity index (χ2n) is 8.18. The molecule has 0 atom stereocenters. The first kappa shape index (κ1) is 22.4. The van der Waals surface area contributed by atoms with Gasteiger partial charge in [-0.15, -0.1) is 11.3 Å². The van der Waals surface area contributed by atoms with Gasteiger partial charge in [0.2, 0.25) is 5.78 Å². The average molecular weight is 484 g/mol. The third-order valence-corrected chi connectivity index (χ3v) is 6.69. The normalized spacial score (nSPS) is 11.1. The molecule has 0 spiro atoms. The minimum atomic E-state index is -0.321. The molecule has 1 aromatic carbocycles. The fourth-order valence-electron chi connectivity index (χ4n) is 3.84. The van der Waals surface area contributed by atoms with E-state index in [2.05, 4.69) is 25.3 Å². The van der Waals surface area contributed by atoms with Crippen LogP contribution >= 0.6 is 11.3 Å². The molecule has 3 N–H and O–H groups in total. The molecule has 0 radical (unpaired) electrons. The van der Waals surface area contributed by atoms with Crippen molar-refractivity contribution in [3.8, 4) is 0 Å². The number of nitrogens with one attached hydrogen (secondary N) is 1. The number of nitrogens with zero attached hydrogens (tertiary/aromatic N) is 5. The molecule has 4 aromatic heterocycles. The maximum Gasteiger partial charge on any atom is 0.258 e. The summed E-state index contributed by atoms with van der Waals surface area (Å²) in [5.41, 5.74) is 9.01. The first-order chi connectivity index (χ1) is 16.8. The van der Waals surface area contributed by atoms with Crippen LogP contribution in [0.4, 0.5) is 17.3 Å². The smallest absolute Gasteiger partial charge is 0.258 e. The summed E-state index contributed by atoms with van der Waals surface area (Å²) < 4.78 is 0.665. The Balaban J connectivity index is 1.54. The Morgan fingerprint density at radius 2 is 1.83 bits per heavy atom. The van der Waals surface area contributed by atoms with E-state index in [0.29, 0.717) is 49.3 Å². The number of carbonyl (C=O) groups excluding carboxylic acids is 2. The summed E-state index contributed by atoms with van der Waals surface area (Å²) in [5.74, 6) is 0.521. The molecule has 5 rings (SSSR count). The summed E-state index contributed by atoms with van der Waals surface area (Å²) in [6.07, 6.45) is 4.46. The molecule has 10 heteroatoms. The number of amides is 1. The third kappa shape index (κ3) is 3.93. The standard InChI is InChI=1S/C25H21N7O2S/c1-13-4-6-15-16(8-9-27-20(15)22(33)14-5-7-18(28-10-14)32(2)3)19(13)31-25(34)17-11-35-23-21(17)29-12-30-24(23)26/h4-12H,1-3H3,(H,31,34)(H2,26,29,30). The molecule has 0 aliphatic rings. The molecule has 0 saturated carbocycles. The molecule has 0 saturated heterocycles. The number of thiophene rings is 1. The van der Waals surface area contributed by atoms with Gasteiger partial charge in [-0.3, -0.25) is 14.6 Å². The quantitative estimate of drug-likeness (QED) is 0.358. The first-order valence-corrected chi connectivity index (χ1v) is 11.6. The molecule has 0 fully saturated rings. The van der Waals surface area contributed by atoms with Gasteiger partial charge < -0.3 is 16.0 Å². The van der Waals surface area contributed by atoms with E-state index in [1.807, 2.05) is 38.1 Å². The van der Waals surface area contributed by atoms with E-state index in [-0.39, 0.29) is 11.7 Å². The van der Waals surface area contributed by atoms with Crippen LogP contribution in [-0.2, 0) is 0 Å². The number of aromatic nitrogens is 4. The van der Waals surface area contributed by atoms with Gasteiger partial charge in [-0.25, -0.2) is 15.0 Å². The molecule has 174 valence electrons. The highest BCUT2D eigenvalue weighted by molar-refractivity contribution is 7.18. The lowest BCUT2D eigenvalue weighted by molar-refractivity contribution is 0.102. The Labute approximate surface area is 204 Å². The van der Waals surface area contributed by atoms with Crippen molar-refractivity contribution in [3.63, 3.8) is 0 Å². The van der Waals surface area contributed by atoms with E-state index in [4.69, 9.17) is 5.73 Å². The highest BCUT2D eigenvalue weighted by atomic mass is 32.1. The zero-order valence-electron chi connectivity index (χ0n) is 19.2. The molecular weight excluding hydrogens is 462 g/mol. The fraction of sp³-hybridized carbons (Fsp3) is 0.120. The predicted octanol–water partition coefficient (Wildman–Crippen LogP) is 4.07. The lowest BCUT2D eigenvalue weighted by Crippen LogP contribution is -2.14. The SMILES string of the molecule is Cc1ccc2c(C(=O)c3ccc(N(C)C)nc3)nccc2c1NC(=O)c1csc2c(N)ncnc12. The van der Waals surface area contributed by atoms with E-state index in [0.717, 1.165) is 11.4 Å². The van der Waals surface area contributed by atoms with Crippen LogP contribution in [0.15, 0.2) is 54.4 Å². The van der Waals surface area contributed by atoms with Crippen molar-refractivity contribution < 1.29 is 9.59 Å². The van der Waals surface area contributed by atoms with Gasteiger partial charge in [0.25, 0.3) is 5.91 Å². The summed E-state index contributed by atoms with van der Waals surface area (Å²) in [4.78, 5) is 45.3. The minimum Gasteiger partial charge on any atom is -0.382 e. The lowest BCUT2D eigenvalue weighted by atomic mass is 10.00. The maximum absolute atomic E-state index is 13.3. The fourth-order valence-corrected chi connectivity index (χ4v) is 4.75. The van der Waals surface area contributed by atoms with Gasteiger partial charge in [0, 0.05) is 48.2 Å². The summed E-state index contributed by atoms with van der Waals surface area (Å²) in [7, 11) is 3.77. The van der Waals surface area contributed by atoms with Crippen LogP contribution in [0.5, 0.6) is 0 Å². The Morgan fingerprint density at radius 3 is 2.57 bits per heavy atom. The number of rotatable bonds is 5. The lowest BCUT2D eigenvalue weighted by Gasteiger charge is -2.14. The monoisotopic (exact) mass is 483 g/mol. The summed E-state index contributed by atoms with van der Waals surface area (Å²) >= 11 is 1.32. The zero-order chi connectivity index (χ0) is 24.7.